The van der Waals surface area contributed by atoms with Crippen LogP contribution in [0.25, 0.3) is 0 Å². The molecule has 1 N–H and O–H groups in total. The smallest absolute Gasteiger partial charge is 0.358 e. The lowest BCUT2D eigenvalue weighted by Crippen LogP contribution is -2.27. The van der Waals surface area contributed by atoms with Gasteiger partial charge in [0.15, 0.2) is 5.69 Å². The van der Waals surface area contributed by atoms with Crippen molar-refractivity contribution in [1.82, 2.24) is 15.0 Å². The zero-order chi connectivity index (χ0) is 15.3. The number of fused-ring (bicyclic) bond motifs is 1. The predicted molar refractivity (Wildman–Crippen MR) is 76.5 cm³/mol. The molecule has 1 amide bonds. The molecule has 2 aromatic rings. The topological polar surface area (TPSA) is 88.3 Å². The van der Waals surface area contributed by atoms with Crippen LogP contribution in [0.15, 0.2) is 30.5 Å². The van der Waals surface area contributed by atoms with Gasteiger partial charge < -0.3 is 10.0 Å². The summed E-state index contributed by atoms with van der Waals surface area (Å²) in [5, 5.41) is 16.2. The Morgan fingerprint density at radius 2 is 2.09 bits per heavy atom. The summed E-state index contributed by atoms with van der Waals surface area (Å²) in [7, 11) is 0. The van der Waals surface area contributed by atoms with Crippen molar-refractivity contribution in [3.63, 3.8) is 0 Å². The Labute approximate surface area is 126 Å². The van der Waals surface area contributed by atoms with Gasteiger partial charge in [0.2, 0.25) is 5.91 Å². The zero-order valence-corrected chi connectivity index (χ0v) is 11.7. The number of hydrogen-bond acceptors (Lipinski definition) is 4. The SMILES string of the molecule is O=C(O)c1cn(Cc2ccc(N3CC4CC4C3=O)cc2)nn1. The van der Waals surface area contributed by atoms with Crippen molar-refractivity contribution in [2.45, 2.75) is 13.0 Å². The Kier molecular flexibility index (Phi) is 2.75. The Morgan fingerprint density at radius 3 is 2.68 bits per heavy atom. The Bertz CT molecular complexity index is 752. The van der Waals surface area contributed by atoms with Crippen molar-refractivity contribution in [1.29, 1.82) is 0 Å². The number of aromatic nitrogens is 3. The maximum absolute atomic E-state index is 12.0. The highest BCUT2D eigenvalue weighted by molar-refractivity contribution is 5.99. The van der Waals surface area contributed by atoms with Crippen LogP contribution in [0.2, 0.25) is 0 Å². The van der Waals surface area contributed by atoms with Crippen molar-refractivity contribution in [3.05, 3.63) is 41.7 Å². The van der Waals surface area contributed by atoms with Crippen LogP contribution in [0.4, 0.5) is 5.69 Å². The van der Waals surface area contributed by atoms with Gasteiger partial charge in [-0.1, -0.05) is 17.3 Å². The van der Waals surface area contributed by atoms with Crippen LogP contribution in [0.1, 0.15) is 22.5 Å². The van der Waals surface area contributed by atoms with E-state index >= 15 is 0 Å². The van der Waals surface area contributed by atoms with Crippen LogP contribution in [-0.2, 0) is 11.3 Å². The van der Waals surface area contributed by atoms with Crippen LogP contribution >= 0.6 is 0 Å². The molecule has 0 radical (unpaired) electrons. The average Bonchev–Trinajstić information content (AvgIpc) is 2.99. The minimum absolute atomic E-state index is 0.0708. The molecule has 2 fully saturated rings. The number of carboxylic acids is 1. The predicted octanol–water partition coefficient (Wildman–Crippen LogP) is 1.01. The molecular weight excluding hydrogens is 284 g/mol. The summed E-state index contributed by atoms with van der Waals surface area (Å²) in [5.74, 6) is -0.0473. The van der Waals surface area contributed by atoms with Gasteiger partial charge in [-0.3, -0.25) is 4.79 Å². The molecule has 1 aromatic heterocycles. The summed E-state index contributed by atoms with van der Waals surface area (Å²) in [6, 6.07) is 7.70. The fraction of sp³-hybridized carbons (Fsp3) is 0.333. The maximum atomic E-state index is 12.0. The van der Waals surface area contributed by atoms with Crippen molar-refractivity contribution in [3.8, 4) is 0 Å². The number of piperidine rings is 1. The minimum atomic E-state index is -1.09. The third kappa shape index (κ3) is 2.14. The normalized spacial score (nSPS) is 22.7. The highest BCUT2D eigenvalue weighted by Crippen LogP contribution is 2.47. The summed E-state index contributed by atoms with van der Waals surface area (Å²) in [6.07, 6.45) is 2.44. The van der Waals surface area contributed by atoms with Crippen molar-refractivity contribution >= 4 is 17.6 Å². The summed E-state index contributed by atoms with van der Waals surface area (Å²) >= 11 is 0. The third-order valence-electron chi connectivity index (χ3n) is 4.27. The molecule has 4 rings (SSSR count). The molecule has 112 valence electrons. The molecule has 0 spiro atoms. The van der Waals surface area contributed by atoms with E-state index in [-0.39, 0.29) is 17.5 Å². The number of aromatic carboxylic acids is 1. The monoisotopic (exact) mass is 298 g/mol. The van der Waals surface area contributed by atoms with E-state index in [1.807, 2.05) is 29.2 Å². The lowest BCUT2D eigenvalue weighted by molar-refractivity contribution is -0.118. The first-order valence-electron chi connectivity index (χ1n) is 7.15. The molecule has 1 aliphatic heterocycles. The zero-order valence-electron chi connectivity index (χ0n) is 11.7. The van der Waals surface area contributed by atoms with Gasteiger partial charge >= 0.3 is 5.97 Å². The van der Waals surface area contributed by atoms with E-state index in [1.165, 1.54) is 10.9 Å². The largest absolute Gasteiger partial charge is 0.476 e. The number of benzene rings is 1. The van der Waals surface area contributed by atoms with Gasteiger partial charge in [0.25, 0.3) is 0 Å². The molecule has 2 aliphatic rings. The van der Waals surface area contributed by atoms with Crippen LogP contribution in [-0.4, -0.2) is 38.5 Å². The van der Waals surface area contributed by atoms with Crippen molar-refractivity contribution < 1.29 is 14.7 Å². The van der Waals surface area contributed by atoms with E-state index < -0.39 is 5.97 Å². The van der Waals surface area contributed by atoms with Crippen LogP contribution in [0.3, 0.4) is 0 Å². The standard InChI is InChI=1S/C15H14N4O3/c20-14-12-5-10(12)7-19(14)11-3-1-9(2-4-11)6-18-8-13(15(21)22)16-17-18/h1-4,8,10,12H,5-7H2,(H,21,22). The second-order valence-corrected chi connectivity index (χ2v) is 5.82. The molecule has 1 aromatic carbocycles. The van der Waals surface area contributed by atoms with Gasteiger partial charge in [0, 0.05) is 18.2 Å². The molecule has 1 saturated carbocycles. The first-order chi connectivity index (χ1) is 10.6. The van der Waals surface area contributed by atoms with Crippen LogP contribution < -0.4 is 4.90 Å². The van der Waals surface area contributed by atoms with E-state index in [0.29, 0.717) is 12.5 Å². The van der Waals surface area contributed by atoms with E-state index in [0.717, 1.165) is 24.2 Å². The Hall–Kier alpha value is -2.70. The average molecular weight is 298 g/mol. The molecule has 1 saturated heterocycles. The molecule has 1 aliphatic carbocycles. The van der Waals surface area contributed by atoms with E-state index in [4.69, 9.17) is 5.11 Å². The number of hydrogen-bond donors (Lipinski definition) is 1. The van der Waals surface area contributed by atoms with Gasteiger partial charge in [0.1, 0.15) is 0 Å². The Morgan fingerprint density at radius 1 is 1.32 bits per heavy atom. The van der Waals surface area contributed by atoms with E-state index in [9.17, 15) is 9.59 Å². The third-order valence-corrected chi connectivity index (χ3v) is 4.27. The molecule has 7 nitrogen and oxygen atoms in total. The number of nitrogens with zero attached hydrogens (tertiary/aromatic N) is 4. The summed E-state index contributed by atoms with van der Waals surface area (Å²) in [5.41, 5.74) is 1.83. The molecule has 0 bridgehead atoms. The van der Waals surface area contributed by atoms with Gasteiger partial charge in [-0.05, 0) is 30.0 Å². The molecule has 2 heterocycles. The molecular formula is C15H14N4O3. The highest BCUT2D eigenvalue weighted by Gasteiger charge is 2.52. The lowest BCUT2D eigenvalue weighted by atomic mass is 10.2. The summed E-state index contributed by atoms with van der Waals surface area (Å²) in [6.45, 7) is 1.27. The van der Waals surface area contributed by atoms with Crippen molar-refractivity contribution in [2.24, 2.45) is 11.8 Å². The number of anilines is 1. The van der Waals surface area contributed by atoms with Crippen LogP contribution in [0.5, 0.6) is 0 Å². The van der Waals surface area contributed by atoms with Gasteiger partial charge in [0.05, 0.1) is 12.7 Å². The molecule has 7 heteroatoms. The lowest BCUT2D eigenvalue weighted by Gasteiger charge is -2.18. The minimum Gasteiger partial charge on any atom is -0.476 e. The van der Waals surface area contributed by atoms with Gasteiger partial charge in [-0.2, -0.15) is 0 Å². The van der Waals surface area contributed by atoms with Crippen molar-refractivity contribution in [2.75, 3.05) is 11.4 Å². The number of carbonyl (C=O) groups excluding carboxylic acids is 1. The van der Waals surface area contributed by atoms with Gasteiger partial charge in [-0.15, -0.1) is 5.10 Å². The molecule has 2 atom stereocenters. The van der Waals surface area contributed by atoms with Gasteiger partial charge in [-0.25, -0.2) is 9.48 Å². The fourth-order valence-corrected chi connectivity index (χ4v) is 2.95. The highest BCUT2D eigenvalue weighted by atomic mass is 16.4. The maximum Gasteiger partial charge on any atom is 0.358 e. The van der Waals surface area contributed by atoms with Crippen LogP contribution in [0, 0.1) is 11.8 Å². The number of rotatable bonds is 4. The summed E-state index contributed by atoms with van der Waals surface area (Å²) in [4.78, 5) is 24.7. The summed E-state index contributed by atoms with van der Waals surface area (Å²) < 4.78 is 1.48. The second-order valence-electron chi connectivity index (χ2n) is 5.82. The first kappa shape index (κ1) is 13.0. The molecule has 2 unspecified atom stereocenters. The number of carboxylic acid groups (broad SMARTS) is 1. The van der Waals surface area contributed by atoms with E-state index in [1.54, 1.807) is 0 Å². The first-order valence-corrected chi connectivity index (χ1v) is 7.15. The molecule has 22 heavy (non-hydrogen) atoms. The van der Waals surface area contributed by atoms with E-state index in [2.05, 4.69) is 10.3 Å². The number of amides is 1. The quantitative estimate of drug-likeness (QED) is 0.910. The number of carbonyl (C=O) groups is 2. The second kappa shape index (κ2) is 4.66. The fourth-order valence-electron chi connectivity index (χ4n) is 2.95. The Balaban J connectivity index is 1.47.